The number of rotatable bonds is 4. The van der Waals surface area contributed by atoms with Crippen molar-refractivity contribution in [3.8, 4) is 11.5 Å². The van der Waals surface area contributed by atoms with Crippen molar-refractivity contribution in [2.24, 2.45) is 0 Å². The van der Waals surface area contributed by atoms with Gasteiger partial charge in [-0.1, -0.05) is 0 Å². The molecule has 0 amide bonds. The molecule has 84 valence electrons. The average molecular weight is 275 g/mol. The van der Waals surface area contributed by atoms with Gasteiger partial charge in [0.05, 0.1) is 17.2 Å². The highest BCUT2D eigenvalue weighted by Crippen LogP contribution is 2.29. The second-order valence-corrected chi connectivity index (χ2v) is 4.75. The molecule has 0 fully saturated rings. The van der Waals surface area contributed by atoms with E-state index in [1.807, 2.05) is 12.1 Å². The van der Waals surface area contributed by atoms with E-state index in [0.717, 1.165) is 10.2 Å². The molecule has 0 heterocycles. The van der Waals surface area contributed by atoms with Gasteiger partial charge in [0.25, 0.3) is 0 Å². The van der Waals surface area contributed by atoms with Crippen molar-refractivity contribution < 1.29 is 14.6 Å². The minimum atomic E-state index is -0.834. The normalized spacial score (nSPS) is 11.3. The molecule has 0 spiro atoms. The van der Waals surface area contributed by atoms with Gasteiger partial charge < -0.3 is 14.6 Å². The Bertz CT molecular complexity index is 331. The zero-order chi connectivity index (χ0) is 11.5. The molecule has 3 nitrogen and oxygen atoms in total. The van der Waals surface area contributed by atoms with Crippen molar-refractivity contribution in [3.05, 3.63) is 22.7 Å². The maximum absolute atomic E-state index is 9.51. The molecular formula is C11H15BrO3. The predicted molar refractivity (Wildman–Crippen MR) is 62.5 cm³/mol. The van der Waals surface area contributed by atoms with Crippen LogP contribution >= 0.6 is 15.9 Å². The average Bonchev–Trinajstić information content (AvgIpc) is 2.14. The summed E-state index contributed by atoms with van der Waals surface area (Å²) in [5.74, 6) is 1.45. The molecule has 0 atom stereocenters. The Morgan fingerprint density at radius 3 is 2.53 bits per heavy atom. The fourth-order valence-electron chi connectivity index (χ4n) is 0.980. The molecule has 1 rings (SSSR count). The summed E-state index contributed by atoms with van der Waals surface area (Å²) in [5, 5.41) is 9.51. The van der Waals surface area contributed by atoms with E-state index in [-0.39, 0.29) is 6.61 Å². The highest BCUT2D eigenvalue weighted by molar-refractivity contribution is 9.10. The summed E-state index contributed by atoms with van der Waals surface area (Å²) < 4.78 is 11.3. The Kier molecular flexibility index (Phi) is 3.99. The van der Waals surface area contributed by atoms with Crippen molar-refractivity contribution in [1.29, 1.82) is 0 Å². The van der Waals surface area contributed by atoms with Crippen LogP contribution in [0.4, 0.5) is 0 Å². The number of benzene rings is 1. The first-order chi connectivity index (χ1) is 6.92. The van der Waals surface area contributed by atoms with Gasteiger partial charge in [-0.25, -0.2) is 0 Å². The fraction of sp³-hybridized carbons (Fsp3) is 0.455. The van der Waals surface area contributed by atoms with Crippen LogP contribution in [0.15, 0.2) is 22.7 Å². The summed E-state index contributed by atoms with van der Waals surface area (Å²) in [6.45, 7) is 3.65. The van der Waals surface area contributed by atoms with Gasteiger partial charge in [0, 0.05) is 0 Å². The van der Waals surface area contributed by atoms with Crippen molar-refractivity contribution in [1.82, 2.24) is 0 Å². The summed E-state index contributed by atoms with van der Waals surface area (Å²) in [7, 11) is 1.61. The minimum absolute atomic E-state index is 0.248. The molecular weight excluding hydrogens is 260 g/mol. The Hall–Kier alpha value is -0.740. The van der Waals surface area contributed by atoms with E-state index in [0.29, 0.717) is 5.75 Å². The third kappa shape index (κ3) is 4.10. The Morgan fingerprint density at radius 1 is 1.40 bits per heavy atom. The molecule has 15 heavy (non-hydrogen) atoms. The van der Waals surface area contributed by atoms with Gasteiger partial charge in [0.1, 0.15) is 18.1 Å². The second-order valence-electron chi connectivity index (χ2n) is 3.90. The molecule has 0 aliphatic heterocycles. The van der Waals surface area contributed by atoms with Crippen molar-refractivity contribution in [2.75, 3.05) is 13.7 Å². The lowest BCUT2D eigenvalue weighted by Gasteiger charge is -2.18. The van der Waals surface area contributed by atoms with Crippen molar-refractivity contribution in [2.45, 2.75) is 19.4 Å². The third-order valence-electron chi connectivity index (χ3n) is 1.72. The van der Waals surface area contributed by atoms with Crippen LogP contribution < -0.4 is 9.47 Å². The van der Waals surface area contributed by atoms with E-state index < -0.39 is 5.60 Å². The number of methoxy groups -OCH3 is 1. The van der Waals surface area contributed by atoms with Gasteiger partial charge in [-0.15, -0.1) is 0 Å². The van der Waals surface area contributed by atoms with Crippen LogP contribution in [0.25, 0.3) is 0 Å². The van der Waals surface area contributed by atoms with Crippen LogP contribution in [0.3, 0.4) is 0 Å². The van der Waals surface area contributed by atoms with Gasteiger partial charge in [-0.2, -0.15) is 0 Å². The molecule has 0 radical (unpaired) electrons. The highest BCUT2D eigenvalue weighted by Gasteiger charge is 2.14. The molecule has 1 aromatic rings. The van der Waals surface area contributed by atoms with Crippen LogP contribution in [-0.4, -0.2) is 24.4 Å². The highest BCUT2D eigenvalue weighted by atomic mass is 79.9. The van der Waals surface area contributed by atoms with Gasteiger partial charge >= 0.3 is 0 Å². The smallest absolute Gasteiger partial charge is 0.133 e. The van der Waals surface area contributed by atoms with Crippen LogP contribution in [-0.2, 0) is 0 Å². The lowest BCUT2D eigenvalue weighted by molar-refractivity contribution is 0.0282. The number of aliphatic hydroxyl groups is 1. The molecule has 4 heteroatoms. The molecule has 0 saturated heterocycles. The van der Waals surface area contributed by atoms with E-state index in [1.54, 1.807) is 27.0 Å². The molecule has 1 aromatic carbocycles. The van der Waals surface area contributed by atoms with Crippen molar-refractivity contribution >= 4 is 15.9 Å². The van der Waals surface area contributed by atoms with Crippen LogP contribution in [0, 0.1) is 0 Å². The van der Waals surface area contributed by atoms with E-state index in [4.69, 9.17) is 9.47 Å². The summed E-state index contributed by atoms with van der Waals surface area (Å²) in [5.41, 5.74) is -0.834. The van der Waals surface area contributed by atoms with Gasteiger partial charge in [-0.3, -0.25) is 0 Å². The molecule has 0 aromatic heterocycles. The standard InChI is InChI=1S/C11H15BrO3/c1-11(2,13)7-15-10-5-4-8(14-3)6-9(10)12/h4-6,13H,7H2,1-3H3. The molecule has 0 saturated carbocycles. The third-order valence-corrected chi connectivity index (χ3v) is 2.34. The minimum Gasteiger partial charge on any atom is -0.497 e. The molecule has 0 bridgehead atoms. The number of ether oxygens (including phenoxy) is 2. The van der Waals surface area contributed by atoms with E-state index in [2.05, 4.69) is 15.9 Å². The van der Waals surface area contributed by atoms with E-state index in [9.17, 15) is 5.11 Å². The molecule has 1 N–H and O–H groups in total. The van der Waals surface area contributed by atoms with Crippen LogP contribution in [0.5, 0.6) is 11.5 Å². The SMILES string of the molecule is COc1ccc(OCC(C)(C)O)c(Br)c1. The predicted octanol–water partition coefficient (Wildman–Crippen LogP) is 2.61. The fourth-order valence-corrected chi connectivity index (χ4v) is 1.45. The zero-order valence-corrected chi connectivity index (χ0v) is 10.7. The van der Waals surface area contributed by atoms with E-state index in [1.165, 1.54) is 0 Å². The lowest BCUT2D eigenvalue weighted by atomic mass is 10.2. The Balaban J connectivity index is 2.70. The van der Waals surface area contributed by atoms with E-state index >= 15 is 0 Å². The summed E-state index contributed by atoms with van der Waals surface area (Å²) in [6.07, 6.45) is 0. The monoisotopic (exact) mass is 274 g/mol. The van der Waals surface area contributed by atoms with Crippen molar-refractivity contribution in [3.63, 3.8) is 0 Å². The maximum Gasteiger partial charge on any atom is 0.133 e. The second kappa shape index (κ2) is 4.86. The lowest BCUT2D eigenvalue weighted by Crippen LogP contribution is -2.27. The quantitative estimate of drug-likeness (QED) is 0.918. The molecule has 0 aliphatic rings. The molecule has 0 aliphatic carbocycles. The van der Waals surface area contributed by atoms with Gasteiger partial charge in [-0.05, 0) is 48.0 Å². The number of hydrogen-bond acceptors (Lipinski definition) is 3. The number of halogens is 1. The Morgan fingerprint density at radius 2 is 2.07 bits per heavy atom. The van der Waals surface area contributed by atoms with Crippen LogP contribution in [0.1, 0.15) is 13.8 Å². The number of hydrogen-bond donors (Lipinski definition) is 1. The van der Waals surface area contributed by atoms with Gasteiger partial charge in [0.2, 0.25) is 0 Å². The summed E-state index contributed by atoms with van der Waals surface area (Å²) >= 11 is 3.37. The first kappa shape index (κ1) is 12.3. The summed E-state index contributed by atoms with van der Waals surface area (Å²) in [6, 6.07) is 5.43. The first-order valence-corrected chi connectivity index (χ1v) is 5.40. The first-order valence-electron chi connectivity index (χ1n) is 4.61. The molecule has 0 unspecified atom stereocenters. The van der Waals surface area contributed by atoms with Crippen LogP contribution in [0.2, 0.25) is 0 Å². The topological polar surface area (TPSA) is 38.7 Å². The zero-order valence-electron chi connectivity index (χ0n) is 9.08. The maximum atomic E-state index is 9.51. The van der Waals surface area contributed by atoms with Gasteiger partial charge in [0.15, 0.2) is 0 Å². The Labute approximate surface area is 98.1 Å². The summed E-state index contributed by atoms with van der Waals surface area (Å²) in [4.78, 5) is 0. The largest absolute Gasteiger partial charge is 0.497 e.